The van der Waals surface area contributed by atoms with Crippen molar-refractivity contribution in [3.05, 3.63) is 46.8 Å². The number of ether oxygens (including phenoxy) is 1. The number of hydrogen-bond donors (Lipinski definition) is 2. The molecule has 2 aromatic rings. The van der Waals surface area contributed by atoms with Crippen molar-refractivity contribution in [3.63, 3.8) is 0 Å². The molecular formula is C22H27F4NO4S. The Balaban J connectivity index is 2.09. The van der Waals surface area contributed by atoms with Crippen LogP contribution in [-0.4, -0.2) is 43.1 Å². The molecule has 5 nitrogen and oxygen atoms in total. The number of fused-ring (bicyclic) bond motifs is 1. The molecule has 2 atom stereocenters. The van der Waals surface area contributed by atoms with Crippen LogP contribution >= 0.6 is 0 Å². The topological polar surface area (TPSA) is 79.4 Å². The number of nitrogens with one attached hydrogen (secondary N) is 1. The Hall–Kier alpha value is -2.07. The van der Waals surface area contributed by atoms with E-state index in [0.717, 1.165) is 6.26 Å². The van der Waals surface area contributed by atoms with Crippen LogP contribution in [0.3, 0.4) is 0 Å². The van der Waals surface area contributed by atoms with Crippen molar-refractivity contribution in [1.29, 1.82) is 0 Å². The average Bonchev–Trinajstić information content (AvgIpc) is 3.34. The highest BCUT2D eigenvalue weighted by Crippen LogP contribution is 2.48. The first kappa shape index (κ1) is 24.6. The van der Waals surface area contributed by atoms with Gasteiger partial charge in [0.15, 0.2) is 15.4 Å². The number of benzene rings is 1. The van der Waals surface area contributed by atoms with Crippen LogP contribution in [0.4, 0.5) is 17.6 Å². The van der Waals surface area contributed by atoms with Crippen molar-refractivity contribution in [2.24, 2.45) is 0 Å². The van der Waals surface area contributed by atoms with Crippen LogP contribution in [-0.2, 0) is 34.8 Å². The van der Waals surface area contributed by atoms with E-state index in [4.69, 9.17) is 4.74 Å². The number of aromatic nitrogens is 1. The Labute approximate surface area is 184 Å². The number of alkyl halides is 4. The van der Waals surface area contributed by atoms with Gasteiger partial charge in [-0.1, -0.05) is 13.8 Å². The zero-order valence-corrected chi connectivity index (χ0v) is 19.0. The van der Waals surface area contributed by atoms with Gasteiger partial charge in [-0.25, -0.2) is 12.8 Å². The van der Waals surface area contributed by atoms with Crippen molar-refractivity contribution < 1.29 is 35.8 Å². The average molecular weight is 478 g/mol. The third kappa shape index (κ3) is 4.66. The van der Waals surface area contributed by atoms with E-state index in [0.29, 0.717) is 29.9 Å². The summed E-state index contributed by atoms with van der Waals surface area (Å²) >= 11 is 0. The molecule has 0 amide bonds. The predicted octanol–water partition coefficient (Wildman–Crippen LogP) is 4.42. The Morgan fingerprint density at radius 1 is 1.19 bits per heavy atom. The molecule has 10 heteroatoms. The number of hydrogen-bond acceptors (Lipinski definition) is 4. The van der Waals surface area contributed by atoms with E-state index in [-0.39, 0.29) is 22.7 Å². The van der Waals surface area contributed by atoms with Gasteiger partial charge in [0.05, 0.1) is 11.5 Å². The second-order valence-electron chi connectivity index (χ2n) is 8.77. The quantitative estimate of drug-likeness (QED) is 0.552. The van der Waals surface area contributed by atoms with Crippen LogP contribution in [0.15, 0.2) is 29.2 Å². The maximum absolute atomic E-state index is 14.1. The standard InChI is InChI=1S/C22H27F4NO4S/c1-4-20(2,18-10-17(32(3,29)30)9-14-7-8-31-19(14)18)13-21(28,22(24,25)26)11-15-5-6-16(12-23)27-15/h5-6,9-10,27-28H,4,7-8,11-13H2,1-3H3. The highest BCUT2D eigenvalue weighted by Gasteiger charge is 2.57. The molecule has 0 fully saturated rings. The van der Waals surface area contributed by atoms with Crippen molar-refractivity contribution in [2.75, 3.05) is 12.9 Å². The van der Waals surface area contributed by atoms with E-state index < -0.39 is 46.5 Å². The fourth-order valence-corrected chi connectivity index (χ4v) is 4.94. The molecule has 1 aromatic carbocycles. The van der Waals surface area contributed by atoms with Gasteiger partial charge in [-0.2, -0.15) is 13.2 Å². The molecule has 2 heterocycles. The Morgan fingerprint density at radius 2 is 1.84 bits per heavy atom. The van der Waals surface area contributed by atoms with Crippen molar-refractivity contribution in [2.45, 2.75) is 68.3 Å². The van der Waals surface area contributed by atoms with E-state index in [1.54, 1.807) is 13.8 Å². The zero-order chi connectivity index (χ0) is 23.9. The minimum atomic E-state index is -4.98. The van der Waals surface area contributed by atoms with E-state index >= 15 is 0 Å². The number of halogens is 4. The Morgan fingerprint density at radius 3 is 2.38 bits per heavy atom. The summed E-state index contributed by atoms with van der Waals surface area (Å²) in [5, 5.41) is 10.9. The maximum atomic E-state index is 14.1. The highest BCUT2D eigenvalue weighted by molar-refractivity contribution is 7.90. The Bertz CT molecular complexity index is 1100. The SMILES string of the molecule is CCC(C)(CC(O)(Cc1ccc(CF)[nH]1)C(F)(F)F)c1cc(S(C)(=O)=O)cc2c1OCC2. The first-order chi connectivity index (χ1) is 14.7. The first-order valence-corrected chi connectivity index (χ1v) is 12.1. The van der Waals surface area contributed by atoms with Gasteiger partial charge in [-0.3, -0.25) is 0 Å². The second kappa shape index (κ2) is 8.37. The summed E-state index contributed by atoms with van der Waals surface area (Å²) < 4.78 is 85.4. The minimum absolute atomic E-state index is 0.00364. The van der Waals surface area contributed by atoms with Crippen molar-refractivity contribution in [1.82, 2.24) is 4.98 Å². The van der Waals surface area contributed by atoms with Crippen LogP contribution in [0.5, 0.6) is 5.75 Å². The van der Waals surface area contributed by atoms with Gasteiger partial charge in [-0.15, -0.1) is 0 Å². The normalized spacial score (nSPS) is 18.0. The number of sulfone groups is 1. The first-order valence-electron chi connectivity index (χ1n) is 10.2. The van der Waals surface area contributed by atoms with E-state index in [1.165, 1.54) is 24.3 Å². The van der Waals surface area contributed by atoms with E-state index in [1.807, 2.05) is 0 Å². The predicted molar refractivity (Wildman–Crippen MR) is 111 cm³/mol. The molecule has 32 heavy (non-hydrogen) atoms. The molecular weight excluding hydrogens is 450 g/mol. The fraction of sp³-hybridized carbons (Fsp3) is 0.545. The lowest BCUT2D eigenvalue weighted by Crippen LogP contribution is -2.51. The number of rotatable bonds is 8. The molecule has 2 N–H and O–H groups in total. The summed E-state index contributed by atoms with van der Waals surface area (Å²) in [6.07, 6.45) is -4.83. The van der Waals surface area contributed by atoms with Gasteiger partial charge in [0, 0.05) is 36.0 Å². The number of H-pyrrole nitrogens is 1. The number of aliphatic hydroxyl groups is 1. The number of aromatic amines is 1. The molecule has 0 aliphatic carbocycles. The summed E-state index contributed by atoms with van der Waals surface area (Å²) in [5.74, 6) is 0.380. The lowest BCUT2D eigenvalue weighted by atomic mass is 9.70. The molecule has 0 saturated carbocycles. The molecule has 0 bridgehead atoms. The van der Waals surface area contributed by atoms with Crippen LogP contribution in [0.25, 0.3) is 0 Å². The maximum Gasteiger partial charge on any atom is 0.417 e. The zero-order valence-electron chi connectivity index (χ0n) is 18.1. The third-order valence-electron chi connectivity index (χ3n) is 6.26. The van der Waals surface area contributed by atoms with Gasteiger partial charge in [-0.05, 0) is 48.1 Å². The summed E-state index contributed by atoms with van der Waals surface area (Å²) in [6, 6.07) is 5.50. The molecule has 0 saturated heterocycles. The molecule has 3 rings (SSSR count). The van der Waals surface area contributed by atoms with Crippen LogP contribution in [0.1, 0.15) is 49.2 Å². The van der Waals surface area contributed by atoms with Gasteiger partial charge in [0.2, 0.25) is 0 Å². The molecule has 0 spiro atoms. The van der Waals surface area contributed by atoms with Crippen LogP contribution < -0.4 is 4.74 Å². The van der Waals surface area contributed by atoms with E-state index in [2.05, 4.69) is 4.98 Å². The van der Waals surface area contributed by atoms with Crippen molar-refractivity contribution >= 4 is 9.84 Å². The third-order valence-corrected chi connectivity index (χ3v) is 7.35. The molecule has 1 aliphatic heterocycles. The lowest BCUT2D eigenvalue weighted by Gasteiger charge is -2.40. The molecule has 1 aromatic heterocycles. The molecule has 0 radical (unpaired) electrons. The largest absolute Gasteiger partial charge is 0.493 e. The van der Waals surface area contributed by atoms with Gasteiger partial charge >= 0.3 is 6.18 Å². The smallest absolute Gasteiger partial charge is 0.417 e. The van der Waals surface area contributed by atoms with Crippen LogP contribution in [0.2, 0.25) is 0 Å². The molecule has 2 unspecified atom stereocenters. The van der Waals surface area contributed by atoms with Gasteiger partial charge < -0.3 is 14.8 Å². The Kier molecular flexibility index (Phi) is 6.43. The van der Waals surface area contributed by atoms with Crippen LogP contribution in [0, 0.1) is 0 Å². The monoisotopic (exact) mass is 477 g/mol. The van der Waals surface area contributed by atoms with Gasteiger partial charge in [0.25, 0.3) is 0 Å². The van der Waals surface area contributed by atoms with Gasteiger partial charge in [0.1, 0.15) is 12.4 Å². The minimum Gasteiger partial charge on any atom is -0.493 e. The fourth-order valence-electron chi connectivity index (χ4n) is 4.25. The summed E-state index contributed by atoms with van der Waals surface area (Å²) in [7, 11) is -3.62. The highest BCUT2D eigenvalue weighted by atomic mass is 32.2. The summed E-state index contributed by atoms with van der Waals surface area (Å²) in [5.41, 5.74) is -3.26. The van der Waals surface area contributed by atoms with Crippen molar-refractivity contribution in [3.8, 4) is 5.75 Å². The summed E-state index contributed by atoms with van der Waals surface area (Å²) in [6.45, 7) is 2.68. The summed E-state index contributed by atoms with van der Waals surface area (Å²) in [4.78, 5) is 2.57. The second-order valence-corrected chi connectivity index (χ2v) is 10.8. The lowest BCUT2D eigenvalue weighted by molar-refractivity contribution is -0.267. The van der Waals surface area contributed by atoms with E-state index in [9.17, 15) is 31.1 Å². The molecule has 1 aliphatic rings. The molecule has 178 valence electrons.